The van der Waals surface area contributed by atoms with Crippen molar-refractivity contribution >= 4 is 5.97 Å². The number of likely N-dealkylation sites (N-methyl/N-ethyl adjacent to an activating group) is 1. The summed E-state index contributed by atoms with van der Waals surface area (Å²) >= 11 is 0. The van der Waals surface area contributed by atoms with Crippen molar-refractivity contribution in [2.45, 2.75) is 25.5 Å². The first-order valence-corrected chi connectivity index (χ1v) is 7.20. The van der Waals surface area contributed by atoms with Crippen LogP contribution in [-0.4, -0.2) is 50.6 Å². The van der Waals surface area contributed by atoms with Gasteiger partial charge in [0.1, 0.15) is 5.69 Å². The molecule has 0 amide bonds. The predicted molar refractivity (Wildman–Crippen MR) is 79.8 cm³/mol. The standard InChI is InChI=1S/C15H18N4O3/c1-16-7-10(20)8-19-14(15(21)22)12-3-2-9-6-17-5-4-11(9)13(12)18-19/h4-6,10,16,20H,2-3,7-8H2,1H3,(H,21,22). The van der Waals surface area contributed by atoms with Gasteiger partial charge in [0.25, 0.3) is 0 Å². The fourth-order valence-electron chi connectivity index (χ4n) is 2.94. The summed E-state index contributed by atoms with van der Waals surface area (Å²) in [4.78, 5) is 15.7. The van der Waals surface area contributed by atoms with Crippen LogP contribution in [0.4, 0.5) is 0 Å². The van der Waals surface area contributed by atoms with Crippen molar-refractivity contribution in [1.29, 1.82) is 0 Å². The first kappa shape index (κ1) is 14.7. The van der Waals surface area contributed by atoms with Gasteiger partial charge in [-0.05, 0) is 31.5 Å². The fourth-order valence-corrected chi connectivity index (χ4v) is 2.94. The molecule has 2 aromatic heterocycles. The van der Waals surface area contributed by atoms with Crippen LogP contribution in [0.2, 0.25) is 0 Å². The first-order chi connectivity index (χ1) is 10.6. The molecule has 0 spiro atoms. The molecule has 1 unspecified atom stereocenters. The van der Waals surface area contributed by atoms with Crippen molar-refractivity contribution < 1.29 is 15.0 Å². The van der Waals surface area contributed by atoms with E-state index in [0.29, 0.717) is 18.7 Å². The van der Waals surface area contributed by atoms with Crippen molar-refractivity contribution in [2.75, 3.05) is 13.6 Å². The molecular weight excluding hydrogens is 284 g/mol. The molecule has 0 fully saturated rings. The van der Waals surface area contributed by atoms with E-state index < -0.39 is 12.1 Å². The van der Waals surface area contributed by atoms with Crippen LogP contribution >= 0.6 is 0 Å². The van der Waals surface area contributed by atoms with Gasteiger partial charge in [0.05, 0.1) is 18.3 Å². The van der Waals surface area contributed by atoms with E-state index in [1.165, 1.54) is 4.68 Å². The molecule has 2 heterocycles. The second-order valence-electron chi connectivity index (χ2n) is 5.41. The van der Waals surface area contributed by atoms with Crippen molar-refractivity contribution in [3.05, 3.63) is 35.3 Å². The predicted octanol–water partition coefficient (Wildman–Crippen LogP) is 0.322. The number of aliphatic hydroxyl groups is 1. The highest BCUT2D eigenvalue weighted by Gasteiger charge is 2.28. The van der Waals surface area contributed by atoms with Gasteiger partial charge in [0.2, 0.25) is 0 Å². The number of aromatic nitrogens is 3. The summed E-state index contributed by atoms with van der Waals surface area (Å²) in [6.07, 6.45) is 4.16. The third kappa shape index (κ3) is 2.49. The second kappa shape index (κ2) is 5.86. The number of aromatic carboxylic acids is 1. The summed E-state index contributed by atoms with van der Waals surface area (Å²) < 4.78 is 1.41. The van der Waals surface area contributed by atoms with E-state index in [2.05, 4.69) is 15.4 Å². The topological polar surface area (TPSA) is 100 Å². The summed E-state index contributed by atoms with van der Waals surface area (Å²) in [5.74, 6) is -1.01. The third-order valence-corrected chi connectivity index (χ3v) is 3.88. The van der Waals surface area contributed by atoms with Crippen LogP contribution in [0.3, 0.4) is 0 Å². The lowest BCUT2D eigenvalue weighted by atomic mass is 9.90. The molecule has 0 saturated carbocycles. The highest BCUT2D eigenvalue weighted by Crippen LogP contribution is 2.34. The van der Waals surface area contributed by atoms with E-state index in [9.17, 15) is 15.0 Å². The molecule has 1 aliphatic rings. The fraction of sp³-hybridized carbons (Fsp3) is 0.400. The molecule has 1 atom stereocenters. The first-order valence-electron chi connectivity index (χ1n) is 7.20. The average Bonchev–Trinajstić information content (AvgIpc) is 2.85. The van der Waals surface area contributed by atoms with Crippen molar-refractivity contribution in [1.82, 2.24) is 20.1 Å². The molecule has 2 aromatic rings. The number of carboxylic acids is 1. The number of nitrogens with zero attached hydrogens (tertiary/aromatic N) is 3. The van der Waals surface area contributed by atoms with Crippen molar-refractivity contribution in [2.24, 2.45) is 0 Å². The molecule has 1 aliphatic carbocycles. The minimum Gasteiger partial charge on any atom is -0.477 e. The SMILES string of the molecule is CNCC(O)Cn1nc2c(c1C(=O)O)CCc1cnccc1-2. The maximum Gasteiger partial charge on any atom is 0.354 e. The molecule has 3 rings (SSSR count). The molecule has 3 N–H and O–H groups in total. The number of nitrogens with one attached hydrogen (secondary N) is 1. The second-order valence-corrected chi connectivity index (χ2v) is 5.41. The number of carboxylic acid groups (broad SMARTS) is 1. The number of aliphatic hydroxyl groups excluding tert-OH is 1. The molecule has 0 aliphatic heterocycles. The van der Waals surface area contributed by atoms with E-state index in [1.54, 1.807) is 19.4 Å². The minimum absolute atomic E-state index is 0.149. The maximum atomic E-state index is 11.6. The van der Waals surface area contributed by atoms with Gasteiger partial charge >= 0.3 is 5.97 Å². The van der Waals surface area contributed by atoms with Gasteiger partial charge in [-0.3, -0.25) is 9.67 Å². The lowest BCUT2D eigenvalue weighted by Crippen LogP contribution is -2.29. The zero-order valence-corrected chi connectivity index (χ0v) is 12.3. The largest absolute Gasteiger partial charge is 0.477 e. The van der Waals surface area contributed by atoms with Gasteiger partial charge in [-0.2, -0.15) is 5.10 Å². The number of pyridine rings is 1. The number of hydrogen-bond donors (Lipinski definition) is 3. The van der Waals surface area contributed by atoms with E-state index in [0.717, 1.165) is 23.1 Å². The monoisotopic (exact) mass is 302 g/mol. The highest BCUT2D eigenvalue weighted by atomic mass is 16.4. The van der Waals surface area contributed by atoms with Crippen molar-refractivity contribution in [3.63, 3.8) is 0 Å². The van der Waals surface area contributed by atoms with Gasteiger partial charge in [-0.15, -0.1) is 0 Å². The Morgan fingerprint density at radius 3 is 3.05 bits per heavy atom. The van der Waals surface area contributed by atoms with Crippen LogP contribution in [0, 0.1) is 0 Å². The molecule has 0 bridgehead atoms. The number of rotatable bonds is 5. The Morgan fingerprint density at radius 1 is 1.50 bits per heavy atom. The summed E-state index contributed by atoms with van der Waals surface area (Å²) in [7, 11) is 1.73. The van der Waals surface area contributed by atoms with Gasteiger partial charge in [0, 0.05) is 30.1 Å². The Bertz CT molecular complexity index is 711. The Hall–Kier alpha value is -2.25. The average molecular weight is 302 g/mol. The molecule has 0 aromatic carbocycles. The summed E-state index contributed by atoms with van der Waals surface area (Å²) in [6, 6.07) is 1.86. The van der Waals surface area contributed by atoms with Crippen LogP contribution in [0.25, 0.3) is 11.3 Å². The normalized spacial score (nSPS) is 14.3. The number of carbonyl (C=O) groups is 1. The van der Waals surface area contributed by atoms with Crippen LogP contribution in [0.1, 0.15) is 21.6 Å². The van der Waals surface area contributed by atoms with E-state index >= 15 is 0 Å². The van der Waals surface area contributed by atoms with E-state index in [4.69, 9.17) is 0 Å². The van der Waals surface area contributed by atoms with Gasteiger partial charge < -0.3 is 15.5 Å². The van der Waals surface area contributed by atoms with Gasteiger partial charge in [-0.25, -0.2) is 4.79 Å². The smallest absolute Gasteiger partial charge is 0.354 e. The zero-order chi connectivity index (χ0) is 15.7. The van der Waals surface area contributed by atoms with Crippen LogP contribution in [0.5, 0.6) is 0 Å². The number of hydrogen-bond acceptors (Lipinski definition) is 5. The lowest BCUT2D eigenvalue weighted by molar-refractivity contribution is 0.0675. The van der Waals surface area contributed by atoms with Crippen LogP contribution < -0.4 is 5.32 Å². The quantitative estimate of drug-likeness (QED) is 0.735. The molecule has 22 heavy (non-hydrogen) atoms. The van der Waals surface area contributed by atoms with Crippen LogP contribution in [0.15, 0.2) is 18.5 Å². The Kier molecular flexibility index (Phi) is 3.91. The zero-order valence-electron chi connectivity index (χ0n) is 12.3. The Labute approximate surface area is 127 Å². The van der Waals surface area contributed by atoms with Gasteiger partial charge in [0.15, 0.2) is 0 Å². The number of aryl methyl sites for hydroxylation is 1. The van der Waals surface area contributed by atoms with Crippen LogP contribution in [-0.2, 0) is 19.4 Å². The third-order valence-electron chi connectivity index (χ3n) is 3.88. The molecule has 0 radical (unpaired) electrons. The summed E-state index contributed by atoms with van der Waals surface area (Å²) in [5.41, 5.74) is 3.61. The lowest BCUT2D eigenvalue weighted by Gasteiger charge is -2.14. The molecular formula is C15H18N4O3. The minimum atomic E-state index is -1.01. The number of fused-ring (bicyclic) bond motifs is 3. The molecule has 7 nitrogen and oxygen atoms in total. The van der Waals surface area contributed by atoms with Crippen molar-refractivity contribution in [3.8, 4) is 11.3 Å². The maximum absolute atomic E-state index is 11.6. The summed E-state index contributed by atoms with van der Waals surface area (Å²) in [5, 5.41) is 26.8. The van der Waals surface area contributed by atoms with E-state index in [1.807, 2.05) is 6.07 Å². The highest BCUT2D eigenvalue weighted by molar-refractivity contribution is 5.90. The molecule has 0 saturated heterocycles. The van der Waals surface area contributed by atoms with E-state index in [-0.39, 0.29) is 12.2 Å². The summed E-state index contributed by atoms with van der Waals surface area (Å²) in [6.45, 7) is 0.528. The molecule has 116 valence electrons. The Morgan fingerprint density at radius 2 is 2.32 bits per heavy atom. The Balaban J connectivity index is 2.07. The van der Waals surface area contributed by atoms with Gasteiger partial charge in [-0.1, -0.05) is 0 Å². The molecule has 7 heteroatoms.